The fraction of sp³-hybridized carbons (Fsp3) is 0.0714. The topological polar surface area (TPSA) is 29.1 Å². The first-order valence-electron chi connectivity index (χ1n) is 5.42. The van der Waals surface area contributed by atoms with E-state index in [-0.39, 0.29) is 5.91 Å². The molecule has 0 unspecified atom stereocenters. The standard InChI is InChI=1S/C14H12BrNOS/c1-9-6-11(15)8-12(7-9)16-14(17)10-2-4-13(18)5-3-10/h2-8,18H,1H3,(H,16,17). The summed E-state index contributed by atoms with van der Waals surface area (Å²) in [5, 5.41) is 2.87. The Morgan fingerprint density at radius 3 is 2.44 bits per heavy atom. The highest BCUT2D eigenvalue weighted by Gasteiger charge is 2.06. The minimum Gasteiger partial charge on any atom is -0.322 e. The zero-order valence-corrected chi connectivity index (χ0v) is 12.3. The second kappa shape index (κ2) is 5.59. The second-order valence-corrected chi connectivity index (χ2v) is 5.45. The Kier molecular flexibility index (Phi) is 4.09. The van der Waals surface area contributed by atoms with Crippen molar-refractivity contribution < 1.29 is 4.79 Å². The van der Waals surface area contributed by atoms with Gasteiger partial charge in [0.15, 0.2) is 0 Å². The zero-order chi connectivity index (χ0) is 13.1. The smallest absolute Gasteiger partial charge is 0.255 e. The van der Waals surface area contributed by atoms with E-state index in [0.29, 0.717) is 5.56 Å². The average molecular weight is 322 g/mol. The predicted octanol–water partition coefficient (Wildman–Crippen LogP) is 4.30. The highest BCUT2D eigenvalue weighted by molar-refractivity contribution is 9.10. The molecule has 0 atom stereocenters. The first-order chi connectivity index (χ1) is 8.54. The number of hydrogen-bond donors (Lipinski definition) is 2. The van der Waals surface area contributed by atoms with Gasteiger partial charge in [-0.25, -0.2) is 0 Å². The van der Waals surface area contributed by atoms with E-state index in [1.54, 1.807) is 24.3 Å². The number of anilines is 1. The van der Waals surface area contributed by atoms with Crippen LogP contribution >= 0.6 is 28.6 Å². The Morgan fingerprint density at radius 1 is 1.17 bits per heavy atom. The lowest BCUT2D eigenvalue weighted by atomic mass is 10.2. The van der Waals surface area contributed by atoms with Crippen molar-refractivity contribution >= 4 is 40.2 Å². The minimum atomic E-state index is -0.124. The van der Waals surface area contributed by atoms with Crippen molar-refractivity contribution in [2.75, 3.05) is 5.32 Å². The van der Waals surface area contributed by atoms with Crippen LogP contribution in [-0.2, 0) is 0 Å². The normalized spacial score (nSPS) is 10.2. The van der Waals surface area contributed by atoms with Crippen LogP contribution in [0.2, 0.25) is 0 Å². The molecule has 0 spiro atoms. The minimum absolute atomic E-state index is 0.124. The lowest BCUT2D eigenvalue weighted by molar-refractivity contribution is 0.102. The maximum absolute atomic E-state index is 12.0. The highest BCUT2D eigenvalue weighted by Crippen LogP contribution is 2.20. The van der Waals surface area contributed by atoms with Gasteiger partial charge in [-0.1, -0.05) is 15.9 Å². The first kappa shape index (κ1) is 13.2. The summed E-state index contributed by atoms with van der Waals surface area (Å²) >= 11 is 7.60. The van der Waals surface area contributed by atoms with Crippen LogP contribution in [0.5, 0.6) is 0 Å². The van der Waals surface area contributed by atoms with Crippen molar-refractivity contribution in [3.63, 3.8) is 0 Å². The van der Waals surface area contributed by atoms with Crippen molar-refractivity contribution in [3.05, 3.63) is 58.1 Å². The summed E-state index contributed by atoms with van der Waals surface area (Å²) in [5.41, 5.74) is 2.48. The van der Waals surface area contributed by atoms with Gasteiger partial charge < -0.3 is 5.32 Å². The van der Waals surface area contributed by atoms with Gasteiger partial charge in [0.2, 0.25) is 0 Å². The Morgan fingerprint density at radius 2 is 1.83 bits per heavy atom. The van der Waals surface area contributed by atoms with Crippen LogP contribution in [0.3, 0.4) is 0 Å². The third-order valence-electron chi connectivity index (χ3n) is 2.43. The van der Waals surface area contributed by atoms with Gasteiger partial charge in [-0.3, -0.25) is 4.79 Å². The van der Waals surface area contributed by atoms with E-state index in [4.69, 9.17) is 0 Å². The molecule has 0 saturated heterocycles. The van der Waals surface area contributed by atoms with Crippen molar-refractivity contribution in [1.29, 1.82) is 0 Å². The molecule has 0 radical (unpaired) electrons. The molecule has 0 aliphatic heterocycles. The van der Waals surface area contributed by atoms with Crippen LogP contribution in [0.15, 0.2) is 51.8 Å². The number of nitrogens with one attached hydrogen (secondary N) is 1. The molecule has 92 valence electrons. The molecule has 0 bridgehead atoms. The predicted molar refractivity (Wildman–Crippen MR) is 80.5 cm³/mol. The van der Waals surface area contributed by atoms with Crippen LogP contribution in [0.4, 0.5) is 5.69 Å². The molecule has 0 aliphatic carbocycles. The van der Waals surface area contributed by atoms with Gasteiger partial charge in [0.1, 0.15) is 0 Å². The number of halogens is 1. The molecular weight excluding hydrogens is 310 g/mol. The van der Waals surface area contributed by atoms with Gasteiger partial charge in [0, 0.05) is 20.6 Å². The molecule has 2 aromatic carbocycles. The van der Waals surface area contributed by atoms with Crippen LogP contribution in [-0.4, -0.2) is 5.91 Å². The summed E-state index contributed by atoms with van der Waals surface area (Å²) in [5.74, 6) is -0.124. The maximum atomic E-state index is 12.0. The van der Waals surface area contributed by atoms with Gasteiger partial charge in [-0.05, 0) is 55.0 Å². The molecule has 4 heteroatoms. The average Bonchev–Trinajstić information content (AvgIpc) is 2.28. The van der Waals surface area contributed by atoms with Gasteiger partial charge in [-0.2, -0.15) is 0 Å². The maximum Gasteiger partial charge on any atom is 0.255 e. The van der Waals surface area contributed by atoms with E-state index in [2.05, 4.69) is 33.9 Å². The van der Waals surface area contributed by atoms with Crippen LogP contribution in [0, 0.1) is 6.92 Å². The van der Waals surface area contributed by atoms with E-state index in [0.717, 1.165) is 20.6 Å². The fourth-order valence-corrected chi connectivity index (χ4v) is 2.38. The SMILES string of the molecule is Cc1cc(Br)cc(NC(=O)c2ccc(S)cc2)c1. The molecule has 0 heterocycles. The molecule has 1 amide bonds. The van der Waals surface area contributed by atoms with Crippen molar-refractivity contribution in [3.8, 4) is 0 Å². The van der Waals surface area contributed by atoms with E-state index in [1.807, 2.05) is 25.1 Å². The number of rotatable bonds is 2. The van der Waals surface area contributed by atoms with Gasteiger partial charge in [0.25, 0.3) is 5.91 Å². The van der Waals surface area contributed by atoms with Crippen molar-refractivity contribution in [2.24, 2.45) is 0 Å². The molecular formula is C14H12BrNOS. The lowest BCUT2D eigenvalue weighted by Gasteiger charge is -2.07. The fourth-order valence-electron chi connectivity index (χ4n) is 1.62. The second-order valence-electron chi connectivity index (χ2n) is 4.02. The molecule has 0 saturated carbocycles. The lowest BCUT2D eigenvalue weighted by Crippen LogP contribution is -2.11. The van der Waals surface area contributed by atoms with Crippen molar-refractivity contribution in [1.82, 2.24) is 0 Å². The summed E-state index contributed by atoms with van der Waals surface area (Å²) in [4.78, 5) is 12.8. The monoisotopic (exact) mass is 321 g/mol. The highest BCUT2D eigenvalue weighted by atomic mass is 79.9. The molecule has 1 N–H and O–H groups in total. The van der Waals surface area contributed by atoms with Crippen LogP contribution < -0.4 is 5.32 Å². The van der Waals surface area contributed by atoms with Gasteiger partial charge in [0.05, 0.1) is 0 Å². The van der Waals surface area contributed by atoms with Crippen molar-refractivity contribution in [2.45, 2.75) is 11.8 Å². The summed E-state index contributed by atoms with van der Waals surface area (Å²) in [6, 6.07) is 12.9. The number of carbonyl (C=O) groups is 1. The number of thiol groups is 1. The summed E-state index contributed by atoms with van der Waals surface area (Å²) in [7, 11) is 0. The molecule has 18 heavy (non-hydrogen) atoms. The summed E-state index contributed by atoms with van der Waals surface area (Å²) in [6.45, 7) is 1.98. The van der Waals surface area contributed by atoms with E-state index in [9.17, 15) is 4.79 Å². The third kappa shape index (κ3) is 3.37. The van der Waals surface area contributed by atoms with E-state index >= 15 is 0 Å². The third-order valence-corrected chi connectivity index (χ3v) is 3.19. The number of carbonyl (C=O) groups excluding carboxylic acids is 1. The number of hydrogen-bond acceptors (Lipinski definition) is 2. The molecule has 0 fully saturated rings. The Bertz CT molecular complexity index is 561. The summed E-state index contributed by atoms with van der Waals surface area (Å²) < 4.78 is 0.948. The summed E-state index contributed by atoms with van der Waals surface area (Å²) in [6.07, 6.45) is 0. The largest absolute Gasteiger partial charge is 0.322 e. The molecule has 0 aromatic heterocycles. The molecule has 0 aliphatic rings. The first-order valence-corrected chi connectivity index (χ1v) is 6.66. The molecule has 2 nitrogen and oxygen atoms in total. The number of amides is 1. The molecule has 2 aromatic rings. The number of benzene rings is 2. The van der Waals surface area contributed by atoms with Crippen LogP contribution in [0.1, 0.15) is 15.9 Å². The quantitative estimate of drug-likeness (QED) is 0.793. The zero-order valence-electron chi connectivity index (χ0n) is 9.77. The van der Waals surface area contributed by atoms with Crippen LogP contribution in [0.25, 0.3) is 0 Å². The van der Waals surface area contributed by atoms with E-state index < -0.39 is 0 Å². The Balaban J connectivity index is 2.18. The Hall–Kier alpha value is -1.26. The van der Waals surface area contributed by atoms with Gasteiger partial charge >= 0.3 is 0 Å². The van der Waals surface area contributed by atoms with E-state index in [1.165, 1.54) is 0 Å². The Labute approximate surface area is 120 Å². The van der Waals surface area contributed by atoms with Gasteiger partial charge in [-0.15, -0.1) is 12.6 Å². The molecule has 2 rings (SSSR count). The number of aryl methyl sites for hydroxylation is 1.